The van der Waals surface area contributed by atoms with Crippen molar-refractivity contribution in [2.45, 2.75) is 82.0 Å². The van der Waals surface area contributed by atoms with Crippen LogP contribution in [0.2, 0.25) is 5.02 Å². The van der Waals surface area contributed by atoms with Crippen LogP contribution in [-0.4, -0.2) is 67.5 Å². The van der Waals surface area contributed by atoms with Crippen molar-refractivity contribution in [1.29, 1.82) is 0 Å². The minimum absolute atomic E-state index is 0.0721. The lowest BCUT2D eigenvalue weighted by atomic mass is 9.73. The van der Waals surface area contributed by atoms with E-state index in [-0.39, 0.29) is 18.7 Å². The molecule has 2 saturated heterocycles. The molecule has 4 aliphatic heterocycles. The van der Waals surface area contributed by atoms with Crippen molar-refractivity contribution in [3.63, 3.8) is 0 Å². The molecule has 0 aromatic heterocycles. The molecule has 1 aromatic carbocycles. The summed E-state index contributed by atoms with van der Waals surface area (Å²) in [6.45, 7) is 5.76. The van der Waals surface area contributed by atoms with E-state index in [1.165, 1.54) is 7.11 Å². The van der Waals surface area contributed by atoms with Gasteiger partial charge in [0, 0.05) is 33.4 Å². The average molecular weight is 549 g/mol. The number of alkyl carbamates (subject to hydrolysis) is 1. The highest BCUT2D eigenvalue weighted by molar-refractivity contribution is 6.35. The van der Waals surface area contributed by atoms with E-state index in [1.54, 1.807) is 31.2 Å². The number of nitrogens with zero attached hydrogens (tertiary/aromatic N) is 1. The average Bonchev–Trinajstić information content (AvgIpc) is 2.83. The molecule has 4 heterocycles. The SMILES string of the molecule is COc1cc2cc(c1Cl)N(C)C(=O)CC[C@@]1(C)CC(C)(O1)[C@@H]1C[C@@](O)(NC(=O)O1)[C@H](OC)/C=C/C=C(\C)C2. The van der Waals surface area contributed by atoms with Crippen molar-refractivity contribution in [3.05, 3.63) is 46.5 Å². The molecule has 1 aromatic rings. The minimum Gasteiger partial charge on any atom is -0.495 e. The fourth-order valence-corrected chi connectivity index (χ4v) is 6.11. The predicted molar refractivity (Wildman–Crippen MR) is 144 cm³/mol. The van der Waals surface area contributed by atoms with Gasteiger partial charge in [0.2, 0.25) is 5.91 Å². The number of allylic oxidation sites excluding steroid dienone is 3. The lowest BCUT2D eigenvalue weighted by molar-refractivity contribution is -0.305. The van der Waals surface area contributed by atoms with Crippen LogP contribution in [0.5, 0.6) is 5.75 Å². The molecule has 0 spiro atoms. The van der Waals surface area contributed by atoms with Crippen molar-refractivity contribution in [2.24, 2.45) is 0 Å². The van der Waals surface area contributed by atoms with Gasteiger partial charge in [0.05, 0.1) is 18.4 Å². The number of rotatable bonds is 2. The first-order valence-electron chi connectivity index (χ1n) is 12.7. The molecular formula is C28H37ClN2O7. The largest absolute Gasteiger partial charge is 0.495 e. The molecular weight excluding hydrogens is 512 g/mol. The zero-order chi connectivity index (χ0) is 27.9. The number of anilines is 1. The first-order chi connectivity index (χ1) is 17.8. The van der Waals surface area contributed by atoms with E-state index in [0.29, 0.717) is 35.7 Å². The predicted octanol–water partition coefficient (Wildman–Crippen LogP) is 4.29. The van der Waals surface area contributed by atoms with E-state index in [9.17, 15) is 14.7 Å². The first kappa shape index (κ1) is 28.4. The highest BCUT2D eigenvalue weighted by atomic mass is 35.5. The summed E-state index contributed by atoms with van der Waals surface area (Å²) < 4.78 is 23.0. The van der Waals surface area contributed by atoms with Crippen LogP contribution in [0.3, 0.4) is 0 Å². The minimum atomic E-state index is -1.69. The van der Waals surface area contributed by atoms with Gasteiger partial charge in [0.1, 0.15) is 28.6 Å². The number of ether oxygens (including phenoxy) is 4. The Morgan fingerprint density at radius 2 is 1.95 bits per heavy atom. The summed E-state index contributed by atoms with van der Waals surface area (Å²) in [6, 6.07) is 3.75. The number of hydrogen-bond donors (Lipinski definition) is 2. The summed E-state index contributed by atoms with van der Waals surface area (Å²) in [6.07, 6.45) is 5.02. The molecule has 5 rings (SSSR count). The molecule has 2 N–H and O–H groups in total. The molecule has 208 valence electrons. The fourth-order valence-electron chi connectivity index (χ4n) is 5.80. The molecule has 9 nitrogen and oxygen atoms in total. The van der Waals surface area contributed by atoms with Gasteiger partial charge in [-0.15, -0.1) is 0 Å². The number of carbonyl (C=O) groups excluding carboxylic acids is 2. The number of hydrogen-bond acceptors (Lipinski definition) is 7. The monoisotopic (exact) mass is 548 g/mol. The van der Waals surface area contributed by atoms with Crippen LogP contribution in [0, 0.1) is 0 Å². The fraction of sp³-hybridized carbons (Fsp3) is 0.571. The van der Waals surface area contributed by atoms with Gasteiger partial charge >= 0.3 is 6.09 Å². The first-order valence-corrected chi connectivity index (χ1v) is 13.1. The maximum absolute atomic E-state index is 13.2. The van der Waals surface area contributed by atoms with E-state index in [1.807, 2.05) is 39.0 Å². The van der Waals surface area contributed by atoms with Gasteiger partial charge in [-0.3, -0.25) is 10.1 Å². The molecule has 0 saturated carbocycles. The number of halogens is 1. The van der Waals surface area contributed by atoms with Crippen LogP contribution in [-0.2, 0) is 25.4 Å². The van der Waals surface area contributed by atoms with Gasteiger partial charge < -0.3 is 29.0 Å². The van der Waals surface area contributed by atoms with Crippen LogP contribution in [0.25, 0.3) is 0 Å². The topological polar surface area (TPSA) is 107 Å². The van der Waals surface area contributed by atoms with Crippen LogP contribution in [0.1, 0.15) is 52.0 Å². The van der Waals surface area contributed by atoms with E-state index in [4.69, 9.17) is 30.5 Å². The quantitative estimate of drug-likeness (QED) is 0.568. The Kier molecular flexibility index (Phi) is 7.87. The number of fused-ring (bicyclic) bond motifs is 6. The van der Waals surface area contributed by atoms with Crippen LogP contribution >= 0.6 is 11.6 Å². The van der Waals surface area contributed by atoms with E-state index in [0.717, 1.165) is 11.1 Å². The molecule has 0 aliphatic carbocycles. The molecule has 38 heavy (non-hydrogen) atoms. The van der Waals surface area contributed by atoms with E-state index < -0.39 is 35.2 Å². The Hall–Kier alpha value is -2.59. The second-order valence-corrected chi connectivity index (χ2v) is 11.4. The van der Waals surface area contributed by atoms with E-state index in [2.05, 4.69) is 5.32 Å². The molecule has 5 atom stereocenters. The zero-order valence-electron chi connectivity index (χ0n) is 22.8. The number of methoxy groups -OCH3 is 2. The summed E-state index contributed by atoms with van der Waals surface area (Å²) in [5.74, 6) is 0.381. The molecule has 1 unspecified atom stereocenters. The summed E-state index contributed by atoms with van der Waals surface area (Å²) in [5, 5.41) is 14.3. The Bertz CT molecular complexity index is 1160. The van der Waals surface area contributed by atoms with Crippen LogP contribution in [0.15, 0.2) is 35.9 Å². The number of amides is 2. The molecule has 2 amide bonds. The summed E-state index contributed by atoms with van der Waals surface area (Å²) >= 11 is 6.60. The Labute approximate surface area is 228 Å². The Morgan fingerprint density at radius 1 is 1.24 bits per heavy atom. The highest BCUT2D eigenvalue weighted by Crippen LogP contribution is 2.49. The van der Waals surface area contributed by atoms with Crippen molar-refractivity contribution in [2.75, 3.05) is 26.2 Å². The number of carbonyl (C=O) groups is 2. The molecule has 10 heteroatoms. The third kappa shape index (κ3) is 5.57. The van der Waals surface area contributed by atoms with Crippen molar-refractivity contribution in [3.8, 4) is 5.75 Å². The standard InChI is InChI=1S/C28H37ClN2O7/c1-17-8-7-9-21(36-6)28(34)15-22(37-25(33)30-28)27(3)16-26(2,38-27)11-10-23(32)31(4)19-13-18(12-17)14-20(35-5)24(19)29/h7-9,13-14,21-22,34H,10-12,15-16H2,1-6H3,(H,30,33)/b9-7+,17-8+/t21-,22+,26+,27?,28+/m1/s1. The normalized spacial score (nSPS) is 36.3. The molecule has 4 aliphatic rings. The molecule has 0 radical (unpaired) electrons. The van der Waals surface area contributed by atoms with Crippen LogP contribution in [0.4, 0.5) is 10.5 Å². The molecule has 2 fully saturated rings. The van der Waals surface area contributed by atoms with Gasteiger partial charge in [-0.1, -0.05) is 35.4 Å². The second kappa shape index (κ2) is 10.5. The highest BCUT2D eigenvalue weighted by Gasteiger charge is 2.59. The van der Waals surface area contributed by atoms with Gasteiger partial charge in [-0.25, -0.2) is 4.79 Å². The number of aliphatic hydroxyl groups is 1. The van der Waals surface area contributed by atoms with Crippen molar-refractivity contribution < 1.29 is 33.6 Å². The van der Waals surface area contributed by atoms with Gasteiger partial charge in [0.25, 0.3) is 0 Å². The maximum Gasteiger partial charge on any atom is 0.409 e. The summed E-state index contributed by atoms with van der Waals surface area (Å²) in [5.41, 5.74) is -0.589. The van der Waals surface area contributed by atoms with Gasteiger partial charge in [-0.2, -0.15) is 0 Å². The number of nitrogens with one attached hydrogen (secondary N) is 1. The molecule has 6 bridgehead atoms. The number of benzene rings is 1. The maximum atomic E-state index is 13.2. The summed E-state index contributed by atoms with van der Waals surface area (Å²) in [7, 11) is 4.72. The van der Waals surface area contributed by atoms with Crippen LogP contribution < -0.4 is 15.0 Å². The smallest absolute Gasteiger partial charge is 0.409 e. The zero-order valence-corrected chi connectivity index (χ0v) is 23.6. The van der Waals surface area contributed by atoms with E-state index >= 15 is 0 Å². The lowest BCUT2D eigenvalue weighted by Crippen LogP contribution is -2.70. The van der Waals surface area contributed by atoms with Gasteiger partial charge in [-0.05, 0) is 51.3 Å². The summed E-state index contributed by atoms with van der Waals surface area (Å²) in [4.78, 5) is 27.2. The second-order valence-electron chi connectivity index (χ2n) is 11.0. The van der Waals surface area contributed by atoms with Crippen molar-refractivity contribution in [1.82, 2.24) is 5.32 Å². The third-order valence-electron chi connectivity index (χ3n) is 7.73. The third-order valence-corrected chi connectivity index (χ3v) is 8.11. The van der Waals surface area contributed by atoms with Crippen molar-refractivity contribution >= 4 is 29.3 Å². The van der Waals surface area contributed by atoms with Gasteiger partial charge in [0.15, 0.2) is 5.72 Å². The lowest BCUT2D eigenvalue weighted by Gasteiger charge is -2.57. The Balaban J connectivity index is 1.72. The Morgan fingerprint density at radius 3 is 2.61 bits per heavy atom.